The van der Waals surface area contributed by atoms with Crippen LogP contribution in [0.5, 0.6) is 0 Å². The number of hydrogen-bond acceptors (Lipinski definition) is 5. The van der Waals surface area contributed by atoms with Crippen LogP contribution in [0, 0.1) is 5.82 Å². The van der Waals surface area contributed by atoms with Gasteiger partial charge in [0.05, 0.1) is 7.11 Å². The van der Waals surface area contributed by atoms with E-state index in [1.165, 1.54) is 36.6 Å². The van der Waals surface area contributed by atoms with E-state index in [9.17, 15) is 14.0 Å². The average molecular weight is 424 g/mol. The van der Waals surface area contributed by atoms with E-state index in [0.717, 1.165) is 0 Å². The highest BCUT2D eigenvalue weighted by molar-refractivity contribution is 9.10. The van der Waals surface area contributed by atoms with Gasteiger partial charge in [-0.3, -0.25) is 4.79 Å². The van der Waals surface area contributed by atoms with Crippen molar-refractivity contribution in [2.45, 2.75) is 0 Å². The Balaban J connectivity index is 1.98. The summed E-state index contributed by atoms with van der Waals surface area (Å²) >= 11 is 4.30. The van der Waals surface area contributed by atoms with Gasteiger partial charge in [-0.05, 0) is 45.8 Å². The van der Waals surface area contributed by atoms with Crippen LogP contribution in [0.4, 0.5) is 9.39 Å². The molecule has 2 heterocycles. The van der Waals surface area contributed by atoms with Gasteiger partial charge in [0.2, 0.25) is 0 Å². The molecule has 1 N–H and O–H groups in total. The number of nitrogens with one attached hydrogen (secondary N) is 1. The standard InChI is InChI=1S/C17H11BrFNO4S/c1-23-17(22)14-11(9-2-4-10(19)5-3-9)8-25-16(14)20-15(21)12-6-7-13(18)24-12/h2-8H,1H3,(H,20,21). The van der Waals surface area contributed by atoms with Crippen molar-refractivity contribution >= 4 is 44.1 Å². The van der Waals surface area contributed by atoms with Gasteiger partial charge >= 0.3 is 5.97 Å². The predicted molar refractivity (Wildman–Crippen MR) is 95.4 cm³/mol. The number of amides is 1. The summed E-state index contributed by atoms with van der Waals surface area (Å²) in [6.45, 7) is 0. The molecule has 0 spiro atoms. The molecule has 2 aromatic heterocycles. The number of ether oxygens (including phenoxy) is 1. The zero-order valence-electron chi connectivity index (χ0n) is 12.8. The molecule has 25 heavy (non-hydrogen) atoms. The maximum absolute atomic E-state index is 13.1. The van der Waals surface area contributed by atoms with E-state index in [1.807, 2.05) is 0 Å². The molecule has 3 aromatic rings. The largest absolute Gasteiger partial charge is 0.465 e. The fourth-order valence-corrected chi connectivity index (χ4v) is 3.46. The summed E-state index contributed by atoms with van der Waals surface area (Å²) in [5, 5.41) is 4.67. The van der Waals surface area contributed by atoms with E-state index in [1.54, 1.807) is 23.6 Å². The molecule has 0 aliphatic carbocycles. The predicted octanol–water partition coefficient (Wildman–Crippen LogP) is 4.95. The summed E-state index contributed by atoms with van der Waals surface area (Å²) in [6.07, 6.45) is 0. The van der Waals surface area contributed by atoms with Crippen LogP contribution in [0.25, 0.3) is 11.1 Å². The summed E-state index contributed by atoms with van der Waals surface area (Å²) in [5.41, 5.74) is 1.39. The third-order valence-electron chi connectivity index (χ3n) is 3.36. The first-order valence-electron chi connectivity index (χ1n) is 7.02. The zero-order chi connectivity index (χ0) is 18.0. The summed E-state index contributed by atoms with van der Waals surface area (Å²) in [7, 11) is 1.25. The van der Waals surface area contributed by atoms with Gasteiger partial charge in [0.15, 0.2) is 10.4 Å². The lowest BCUT2D eigenvalue weighted by molar-refractivity contribution is 0.0603. The highest BCUT2D eigenvalue weighted by atomic mass is 79.9. The van der Waals surface area contributed by atoms with Crippen molar-refractivity contribution in [1.82, 2.24) is 0 Å². The summed E-state index contributed by atoms with van der Waals surface area (Å²) < 4.78 is 23.6. The Hall–Kier alpha value is -2.45. The van der Waals surface area contributed by atoms with Crippen LogP contribution in [0.3, 0.4) is 0 Å². The number of benzene rings is 1. The Bertz CT molecular complexity index is 933. The summed E-state index contributed by atoms with van der Waals surface area (Å²) in [5.74, 6) is -1.38. The molecule has 0 bridgehead atoms. The van der Waals surface area contributed by atoms with E-state index >= 15 is 0 Å². The van der Waals surface area contributed by atoms with Crippen LogP contribution in [0.2, 0.25) is 0 Å². The number of halogens is 2. The van der Waals surface area contributed by atoms with Crippen LogP contribution in [0.1, 0.15) is 20.9 Å². The van der Waals surface area contributed by atoms with Gasteiger partial charge in [0.25, 0.3) is 5.91 Å². The minimum atomic E-state index is -0.600. The lowest BCUT2D eigenvalue weighted by atomic mass is 10.0. The number of hydrogen-bond donors (Lipinski definition) is 1. The van der Waals surface area contributed by atoms with Gasteiger partial charge in [-0.25, -0.2) is 9.18 Å². The number of methoxy groups -OCH3 is 1. The van der Waals surface area contributed by atoms with Crippen LogP contribution in [-0.4, -0.2) is 19.0 Å². The first kappa shape index (κ1) is 17.4. The Kier molecular flexibility index (Phi) is 5.00. The lowest BCUT2D eigenvalue weighted by Crippen LogP contribution is -2.13. The highest BCUT2D eigenvalue weighted by Gasteiger charge is 2.23. The molecule has 128 valence electrons. The van der Waals surface area contributed by atoms with Gasteiger partial charge in [0.1, 0.15) is 16.4 Å². The molecule has 8 heteroatoms. The van der Waals surface area contributed by atoms with Crippen molar-refractivity contribution in [2.75, 3.05) is 12.4 Å². The van der Waals surface area contributed by atoms with Gasteiger partial charge in [-0.1, -0.05) is 12.1 Å². The minimum Gasteiger partial charge on any atom is -0.465 e. The smallest absolute Gasteiger partial charge is 0.341 e. The first-order valence-corrected chi connectivity index (χ1v) is 8.69. The van der Waals surface area contributed by atoms with E-state index in [0.29, 0.717) is 20.8 Å². The molecule has 1 amide bonds. The highest BCUT2D eigenvalue weighted by Crippen LogP contribution is 2.36. The van der Waals surface area contributed by atoms with Crippen molar-refractivity contribution < 1.29 is 23.1 Å². The first-order chi connectivity index (χ1) is 12.0. The van der Waals surface area contributed by atoms with Gasteiger partial charge in [-0.15, -0.1) is 11.3 Å². The number of esters is 1. The number of rotatable bonds is 4. The number of anilines is 1. The molecule has 0 atom stereocenters. The van der Waals surface area contributed by atoms with E-state index < -0.39 is 11.9 Å². The third kappa shape index (κ3) is 3.64. The molecule has 0 aliphatic heterocycles. The van der Waals surface area contributed by atoms with Crippen molar-refractivity contribution in [2.24, 2.45) is 0 Å². The number of furan rings is 1. The van der Waals surface area contributed by atoms with Crippen molar-refractivity contribution in [3.05, 3.63) is 63.6 Å². The van der Waals surface area contributed by atoms with Crippen molar-refractivity contribution in [1.29, 1.82) is 0 Å². The quantitative estimate of drug-likeness (QED) is 0.602. The fourth-order valence-electron chi connectivity index (χ4n) is 2.20. The second-order valence-corrected chi connectivity index (χ2v) is 6.57. The molecule has 0 unspecified atom stereocenters. The number of carbonyl (C=O) groups is 2. The number of carbonyl (C=O) groups excluding carboxylic acids is 2. The third-order valence-corrected chi connectivity index (χ3v) is 4.68. The second-order valence-electron chi connectivity index (χ2n) is 4.91. The molecule has 0 radical (unpaired) electrons. The Labute approximate surface area is 154 Å². The average Bonchev–Trinajstić information content (AvgIpc) is 3.21. The van der Waals surface area contributed by atoms with E-state index in [2.05, 4.69) is 21.2 Å². The summed E-state index contributed by atoms with van der Waals surface area (Å²) in [6, 6.07) is 8.80. The molecule has 3 rings (SSSR count). The molecule has 0 saturated carbocycles. The molecule has 0 aliphatic rings. The Morgan fingerprint density at radius 2 is 1.92 bits per heavy atom. The normalized spacial score (nSPS) is 10.5. The van der Waals surface area contributed by atoms with Gasteiger partial charge in [-0.2, -0.15) is 0 Å². The minimum absolute atomic E-state index is 0.0967. The lowest BCUT2D eigenvalue weighted by Gasteiger charge is -2.07. The van der Waals surface area contributed by atoms with Crippen LogP contribution < -0.4 is 5.32 Å². The SMILES string of the molecule is COC(=O)c1c(-c2ccc(F)cc2)csc1NC(=O)c1ccc(Br)o1. The number of thiophene rings is 1. The van der Waals surface area contributed by atoms with Crippen molar-refractivity contribution in [3.63, 3.8) is 0 Å². The maximum Gasteiger partial charge on any atom is 0.341 e. The Morgan fingerprint density at radius 1 is 1.20 bits per heavy atom. The molecular formula is C17H11BrFNO4S. The van der Waals surface area contributed by atoms with E-state index in [4.69, 9.17) is 9.15 Å². The van der Waals surface area contributed by atoms with Gasteiger partial charge < -0.3 is 14.5 Å². The van der Waals surface area contributed by atoms with Crippen LogP contribution >= 0.6 is 27.3 Å². The molecule has 5 nitrogen and oxygen atoms in total. The summed E-state index contributed by atoms with van der Waals surface area (Å²) in [4.78, 5) is 24.5. The Morgan fingerprint density at radius 3 is 2.52 bits per heavy atom. The molecular weight excluding hydrogens is 413 g/mol. The van der Waals surface area contributed by atoms with Gasteiger partial charge in [0, 0.05) is 10.9 Å². The topological polar surface area (TPSA) is 68.5 Å². The van der Waals surface area contributed by atoms with Crippen LogP contribution in [0.15, 0.2) is 50.9 Å². The van der Waals surface area contributed by atoms with Crippen molar-refractivity contribution in [3.8, 4) is 11.1 Å². The maximum atomic E-state index is 13.1. The van der Waals surface area contributed by atoms with E-state index in [-0.39, 0.29) is 17.1 Å². The molecule has 1 aromatic carbocycles. The monoisotopic (exact) mass is 423 g/mol. The van der Waals surface area contributed by atoms with Crippen LogP contribution in [-0.2, 0) is 4.74 Å². The fraction of sp³-hybridized carbons (Fsp3) is 0.0588. The zero-order valence-corrected chi connectivity index (χ0v) is 15.2. The molecule has 0 fully saturated rings. The molecule has 0 saturated heterocycles. The second kappa shape index (κ2) is 7.20.